The number of carbonyl (C=O) groups is 1. The van der Waals surface area contributed by atoms with Crippen LogP contribution in [0.1, 0.15) is 33.3 Å². The van der Waals surface area contributed by atoms with Gasteiger partial charge in [-0.3, -0.25) is 14.9 Å². The van der Waals surface area contributed by atoms with E-state index in [0.717, 1.165) is 16.2 Å². The second-order valence-corrected chi connectivity index (χ2v) is 7.06. The molecule has 1 aliphatic heterocycles. The van der Waals surface area contributed by atoms with E-state index in [-0.39, 0.29) is 17.6 Å². The number of hydrazone groups is 1. The monoisotopic (exact) mass is 377 g/mol. The lowest BCUT2D eigenvalue weighted by Crippen LogP contribution is -2.27. The first-order valence-corrected chi connectivity index (χ1v) is 9.26. The van der Waals surface area contributed by atoms with Gasteiger partial charge in [0.25, 0.3) is 11.6 Å². The minimum atomic E-state index is -0.432. The summed E-state index contributed by atoms with van der Waals surface area (Å²) in [6.45, 7) is 0. The Balaban J connectivity index is 1.70. The number of carbonyl (C=O) groups excluding carboxylic acids is 1. The number of thiophene rings is 1. The lowest BCUT2D eigenvalue weighted by Gasteiger charge is -2.22. The van der Waals surface area contributed by atoms with Crippen molar-refractivity contribution in [3.8, 4) is 0 Å². The van der Waals surface area contributed by atoms with Crippen LogP contribution in [0.15, 0.2) is 77.2 Å². The quantitative estimate of drug-likeness (QED) is 0.491. The van der Waals surface area contributed by atoms with Crippen LogP contribution in [0.2, 0.25) is 0 Å². The molecule has 1 aliphatic rings. The third kappa shape index (κ3) is 3.37. The summed E-state index contributed by atoms with van der Waals surface area (Å²) in [5.41, 5.74) is 2.25. The van der Waals surface area contributed by atoms with E-state index in [1.54, 1.807) is 35.6 Å². The van der Waals surface area contributed by atoms with Gasteiger partial charge < -0.3 is 0 Å². The van der Waals surface area contributed by atoms with Gasteiger partial charge in [-0.2, -0.15) is 5.10 Å². The molecule has 1 amide bonds. The topological polar surface area (TPSA) is 75.8 Å². The molecule has 134 valence electrons. The highest BCUT2D eigenvalue weighted by molar-refractivity contribution is 7.12. The molecule has 0 radical (unpaired) electrons. The van der Waals surface area contributed by atoms with Crippen molar-refractivity contribution < 1.29 is 9.72 Å². The number of amides is 1. The molecule has 4 rings (SSSR count). The molecule has 0 N–H and O–H groups in total. The molecule has 0 aliphatic carbocycles. The Labute approximate surface area is 159 Å². The summed E-state index contributed by atoms with van der Waals surface area (Å²) in [6.07, 6.45) is 0.566. The smallest absolute Gasteiger partial charge is 0.267 e. The average molecular weight is 377 g/mol. The zero-order valence-electron chi connectivity index (χ0n) is 14.2. The highest BCUT2D eigenvalue weighted by Crippen LogP contribution is 2.35. The predicted molar refractivity (Wildman–Crippen MR) is 104 cm³/mol. The summed E-state index contributed by atoms with van der Waals surface area (Å²) in [6, 6.07) is 18.9. The number of nitro groups is 1. The van der Waals surface area contributed by atoms with Crippen molar-refractivity contribution in [1.29, 1.82) is 0 Å². The fraction of sp³-hybridized carbons (Fsp3) is 0.100. The van der Waals surface area contributed by atoms with Crippen LogP contribution in [0, 0.1) is 10.1 Å². The Bertz CT molecular complexity index is 999. The number of non-ortho nitro benzene ring substituents is 1. The summed E-state index contributed by atoms with van der Waals surface area (Å²) >= 11 is 1.58. The van der Waals surface area contributed by atoms with Crippen LogP contribution in [0.5, 0.6) is 0 Å². The van der Waals surface area contributed by atoms with Gasteiger partial charge in [-0.05, 0) is 29.1 Å². The van der Waals surface area contributed by atoms with E-state index in [9.17, 15) is 14.9 Å². The minimum absolute atomic E-state index is 0.0251. The van der Waals surface area contributed by atoms with Gasteiger partial charge in [0.1, 0.15) is 0 Å². The van der Waals surface area contributed by atoms with Crippen molar-refractivity contribution in [3.63, 3.8) is 0 Å². The number of benzene rings is 2. The van der Waals surface area contributed by atoms with Crippen LogP contribution < -0.4 is 0 Å². The molecule has 2 aromatic carbocycles. The Morgan fingerprint density at radius 1 is 1.07 bits per heavy atom. The molecule has 1 aromatic heterocycles. The minimum Gasteiger partial charge on any atom is -0.267 e. The normalized spacial score (nSPS) is 16.2. The molecule has 3 aromatic rings. The summed E-state index contributed by atoms with van der Waals surface area (Å²) < 4.78 is 0. The Morgan fingerprint density at radius 3 is 2.44 bits per heavy atom. The Morgan fingerprint density at radius 2 is 1.81 bits per heavy atom. The third-order valence-corrected chi connectivity index (χ3v) is 5.35. The summed E-state index contributed by atoms with van der Waals surface area (Å²) in [5, 5.41) is 19.0. The van der Waals surface area contributed by atoms with Gasteiger partial charge in [0.2, 0.25) is 0 Å². The maximum absolute atomic E-state index is 13.0. The summed E-state index contributed by atoms with van der Waals surface area (Å²) in [7, 11) is 0. The van der Waals surface area contributed by atoms with E-state index in [0.29, 0.717) is 12.0 Å². The van der Waals surface area contributed by atoms with Crippen LogP contribution in [-0.4, -0.2) is 21.6 Å². The number of nitrogens with zero attached hydrogens (tertiary/aromatic N) is 3. The van der Waals surface area contributed by atoms with E-state index in [4.69, 9.17) is 0 Å². The van der Waals surface area contributed by atoms with Crippen LogP contribution >= 0.6 is 11.3 Å². The number of nitro benzene ring substituents is 1. The number of hydrogen-bond donors (Lipinski definition) is 0. The first-order valence-electron chi connectivity index (χ1n) is 8.38. The predicted octanol–water partition coefficient (Wildman–Crippen LogP) is 4.65. The molecular weight excluding hydrogens is 362 g/mol. The van der Waals surface area contributed by atoms with Gasteiger partial charge in [0.15, 0.2) is 0 Å². The molecule has 0 spiro atoms. The van der Waals surface area contributed by atoms with Gasteiger partial charge in [-0.1, -0.05) is 36.4 Å². The molecule has 7 heteroatoms. The van der Waals surface area contributed by atoms with Gasteiger partial charge in [0.05, 0.1) is 21.6 Å². The molecule has 1 unspecified atom stereocenters. The van der Waals surface area contributed by atoms with E-state index in [1.165, 1.54) is 17.1 Å². The average Bonchev–Trinajstić information content (AvgIpc) is 3.38. The largest absolute Gasteiger partial charge is 0.274 e. The lowest BCUT2D eigenvalue weighted by atomic mass is 10.0. The van der Waals surface area contributed by atoms with Crippen LogP contribution in [0.4, 0.5) is 5.69 Å². The van der Waals surface area contributed by atoms with Crippen LogP contribution in [0.25, 0.3) is 0 Å². The van der Waals surface area contributed by atoms with Crippen molar-refractivity contribution >= 4 is 28.6 Å². The van der Waals surface area contributed by atoms with E-state index in [2.05, 4.69) is 5.10 Å². The Kier molecular flexibility index (Phi) is 4.52. The highest BCUT2D eigenvalue weighted by atomic mass is 32.1. The summed E-state index contributed by atoms with van der Waals surface area (Å²) in [5.74, 6) is -0.189. The maximum atomic E-state index is 13.0. The third-order valence-electron chi connectivity index (χ3n) is 4.43. The lowest BCUT2D eigenvalue weighted by molar-refractivity contribution is -0.384. The highest BCUT2D eigenvalue weighted by Gasteiger charge is 2.34. The molecule has 6 nitrogen and oxygen atoms in total. The molecule has 1 atom stereocenters. The van der Waals surface area contributed by atoms with E-state index >= 15 is 0 Å². The number of hydrogen-bond acceptors (Lipinski definition) is 5. The van der Waals surface area contributed by atoms with Gasteiger partial charge in [-0.15, -0.1) is 11.3 Å². The number of rotatable bonds is 4. The Hall–Kier alpha value is -3.32. The van der Waals surface area contributed by atoms with Crippen molar-refractivity contribution in [1.82, 2.24) is 5.01 Å². The molecule has 0 fully saturated rings. The second kappa shape index (κ2) is 7.13. The fourth-order valence-corrected chi connectivity index (χ4v) is 3.80. The molecule has 0 bridgehead atoms. The van der Waals surface area contributed by atoms with E-state index < -0.39 is 4.92 Å². The maximum Gasteiger partial charge on any atom is 0.274 e. The molecule has 0 saturated heterocycles. The second-order valence-electron chi connectivity index (χ2n) is 6.11. The molecule has 27 heavy (non-hydrogen) atoms. The van der Waals surface area contributed by atoms with Gasteiger partial charge >= 0.3 is 0 Å². The zero-order valence-corrected chi connectivity index (χ0v) is 15.0. The van der Waals surface area contributed by atoms with Crippen molar-refractivity contribution in [3.05, 3.63) is 98.2 Å². The van der Waals surface area contributed by atoms with Crippen LogP contribution in [-0.2, 0) is 0 Å². The molecule has 0 saturated carbocycles. The van der Waals surface area contributed by atoms with Crippen molar-refractivity contribution in [2.45, 2.75) is 12.5 Å². The molecule has 2 heterocycles. The van der Waals surface area contributed by atoms with E-state index in [1.807, 2.05) is 35.7 Å². The van der Waals surface area contributed by atoms with Gasteiger partial charge in [0, 0.05) is 24.1 Å². The van der Waals surface area contributed by atoms with Crippen LogP contribution in [0.3, 0.4) is 0 Å². The molecular formula is C20H15N3O3S. The fourth-order valence-electron chi connectivity index (χ4n) is 3.08. The first kappa shape index (κ1) is 17.1. The standard InChI is InChI=1S/C20H15N3O3S/c24-20(15-5-2-1-3-6-15)22-18(13-17(21-22)19-7-4-12-27-19)14-8-10-16(11-9-14)23(25)26/h1-12,18H,13H2. The van der Waals surface area contributed by atoms with Crippen molar-refractivity contribution in [2.75, 3.05) is 0 Å². The SMILES string of the molecule is O=C(c1ccccc1)N1N=C(c2cccs2)CC1c1ccc([N+](=O)[O-])cc1. The summed E-state index contributed by atoms with van der Waals surface area (Å²) in [4.78, 5) is 24.5. The first-order chi connectivity index (χ1) is 13.1. The van der Waals surface area contributed by atoms with Gasteiger partial charge in [-0.25, -0.2) is 5.01 Å². The van der Waals surface area contributed by atoms with Crippen molar-refractivity contribution in [2.24, 2.45) is 5.10 Å². The zero-order chi connectivity index (χ0) is 18.8.